The van der Waals surface area contributed by atoms with Gasteiger partial charge < -0.3 is 10.0 Å². The van der Waals surface area contributed by atoms with Crippen LogP contribution >= 0.6 is 0 Å². The second-order valence-corrected chi connectivity index (χ2v) is 6.30. The Bertz CT molecular complexity index is 782. The van der Waals surface area contributed by atoms with Crippen LogP contribution in [0.5, 0.6) is 0 Å². The van der Waals surface area contributed by atoms with Crippen molar-refractivity contribution in [2.75, 3.05) is 11.4 Å². The summed E-state index contributed by atoms with van der Waals surface area (Å²) >= 11 is 0. The van der Waals surface area contributed by atoms with Crippen LogP contribution in [-0.2, 0) is 10.4 Å². The summed E-state index contributed by atoms with van der Waals surface area (Å²) in [6, 6.07) is 14.3. The van der Waals surface area contributed by atoms with Crippen LogP contribution in [0.3, 0.4) is 0 Å². The Labute approximate surface area is 141 Å². The number of hydrogen-bond donors (Lipinski definition) is 1. The summed E-state index contributed by atoms with van der Waals surface area (Å²) in [6.07, 6.45) is 0.536. The summed E-state index contributed by atoms with van der Waals surface area (Å²) in [5, 5.41) is 11.1. The normalized spacial score (nSPS) is 19.5. The Balaban J connectivity index is 1.95. The fourth-order valence-corrected chi connectivity index (χ4v) is 3.20. The molecule has 24 heavy (non-hydrogen) atoms. The second kappa shape index (κ2) is 6.21. The maximum atomic E-state index is 12.8. The number of ketones is 1. The molecular weight excluding hydrogens is 302 g/mol. The van der Waals surface area contributed by atoms with Crippen LogP contribution in [-0.4, -0.2) is 23.3 Å². The van der Waals surface area contributed by atoms with Crippen LogP contribution in [0.2, 0.25) is 0 Å². The van der Waals surface area contributed by atoms with Crippen molar-refractivity contribution in [1.29, 1.82) is 0 Å². The van der Waals surface area contributed by atoms with Crippen LogP contribution < -0.4 is 4.90 Å². The predicted octanol–water partition coefficient (Wildman–Crippen LogP) is 3.21. The molecule has 0 bridgehead atoms. The Morgan fingerprint density at radius 1 is 1.12 bits per heavy atom. The molecule has 1 N–H and O–H groups in total. The van der Waals surface area contributed by atoms with Gasteiger partial charge in [0.1, 0.15) is 0 Å². The van der Waals surface area contributed by atoms with E-state index in [1.54, 1.807) is 29.2 Å². The number of anilines is 1. The topological polar surface area (TPSA) is 57.6 Å². The van der Waals surface area contributed by atoms with Gasteiger partial charge in [-0.2, -0.15) is 0 Å². The average molecular weight is 323 g/mol. The van der Waals surface area contributed by atoms with Crippen LogP contribution in [0.15, 0.2) is 48.5 Å². The highest BCUT2D eigenvalue weighted by atomic mass is 16.3. The third-order valence-electron chi connectivity index (χ3n) is 4.48. The number of carbonyl (C=O) groups excluding carboxylic acids is 2. The molecule has 0 aromatic heterocycles. The van der Waals surface area contributed by atoms with E-state index in [0.717, 1.165) is 12.0 Å². The van der Waals surface area contributed by atoms with Gasteiger partial charge in [0.05, 0.1) is 12.1 Å². The summed E-state index contributed by atoms with van der Waals surface area (Å²) in [5.41, 5.74) is 0.996. The van der Waals surface area contributed by atoms with Crippen molar-refractivity contribution in [3.63, 3.8) is 0 Å². The van der Waals surface area contributed by atoms with E-state index in [9.17, 15) is 14.7 Å². The highest BCUT2D eigenvalue weighted by Gasteiger charge is 2.50. The van der Waals surface area contributed by atoms with E-state index >= 15 is 0 Å². The average Bonchev–Trinajstić information content (AvgIpc) is 2.78. The molecule has 0 fully saturated rings. The lowest BCUT2D eigenvalue weighted by atomic mass is 9.88. The van der Waals surface area contributed by atoms with Crippen LogP contribution in [0.25, 0.3) is 0 Å². The SMILES string of the molecule is CCCN1C(=O)[C@](O)(CC(=O)c2ccc(C)cc2)c2ccccc21. The number of amides is 1. The van der Waals surface area contributed by atoms with E-state index in [0.29, 0.717) is 23.4 Å². The van der Waals surface area contributed by atoms with E-state index in [-0.39, 0.29) is 12.2 Å². The molecule has 1 heterocycles. The molecular formula is C20H21NO3. The third-order valence-corrected chi connectivity index (χ3v) is 4.48. The van der Waals surface area contributed by atoms with Gasteiger partial charge >= 0.3 is 0 Å². The highest BCUT2D eigenvalue weighted by molar-refractivity contribution is 6.10. The Kier molecular flexibility index (Phi) is 4.24. The number of para-hydroxylation sites is 1. The van der Waals surface area contributed by atoms with Gasteiger partial charge in [-0.05, 0) is 19.4 Å². The van der Waals surface area contributed by atoms with E-state index in [1.165, 1.54) is 0 Å². The molecule has 0 radical (unpaired) electrons. The van der Waals surface area contributed by atoms with Gasteiger partial charge in [0.25, 0.3) is 5.91 Å². The third kappa shape index (κ3) is 2.63. The maximum absolute atomic E-state index is 12.8. The van der Waals surface area contributed by atoms with Gasteiger partial charge in [0.2, 0.25) is 0 Å². The molecule has 0 unspecified atom stereocenters. The Morgan fingerprint density at radius 3 is 2.46 bits per heavy atom. The van der Waals surface area contributed by atoms with Crippen molar-refractivity contribution >= 4 is 17.4 Å². The lowest BCUT2D eigenvalue weighted by Crippen LogP contribution is -2.42. The fourth-order valence-electron chi connectivity index (χ4n) is 3.20. The van der Waals surface area contributed by atoms with Crippen LogP contribution in [0.1, 0.15) is 41.3 Å². The predicted molar refractivity (Wildman–Crippen MR) is 93.1 cm³/mol. The van der Waals surface area contributed by atoms with E-state index in [2.05, 4.69) is 0 Å². The number of rotatable bonds is 5. The first-order valence-corrected chi connectivity index (χ1v) is 8.21. The maximum Gasteiger partial charge on any atom is 0.264 e. The first kappa shape index (κ1) is 16.4. The van der Waals surface area contributed by atoms with E-state index < -0.39 is 11.5 Å². The van der Waals surface area contributed by atoms with Crippen molar-refractivity contribution in [2.24, 2.45) is 0 Å². The minimum absolute atomic E-state index is 0.237. The number of fused-ring (bicyclic) bond motifs is 1. The molecule has 124 valence electrons. The molecule has 0 saturated heterocycles. The van der Waals surface area contributed by atoms with Gasteiger partial charge in [-0.3, -0.25) is 9.59 Å². The molecule has 4 nitrogen and oxygen atoms in total. The largest absolute Gasteiger partial charge is 0.375 e. The molecule has 4 heteroatoms. The molecule has 3 rings (SSSR count). The molecule has 1 aliphatic heterocycles. The first-order valence-electron chi connectivity index (χ1n) is 8.21. The molecule has 2 aromatic carbocycles. The summed E-state index contributed by atoms with van der Waals surface area (Å²) in [5.74, 6) is -0.648. The zero-order chi connectivity index (χ0) is 17.3. The monoisotopic (exact) mass is 323 g/mol. The summed E-state index contributed by atoms with van der Waals surface area (Å²) in [4.78, 5) is 27.0. The molecule has 2 aromatic rings. The van der Waals surface area contributed by atoms with Crippen molar-refractivity contribution in [2.45, 2.75) is 32.3 Å². The Hall–Kier alpha value is -2.46. The van der Waals surface area contributed by atoms with Gasteiger partial charge in [0.15, 0.2) is 11.4 Å². The van der Waals surface area contributed by atoms with Crippen molar-refractivity contribution in [1.82, 2.24) is 0 Å². The molecule has 0 spiro atoms. The fraction of sp³-hybridized carbons (Fsp3) is 0.300. The second-order valence-electron chi connectivity index (χ2n) is 6.30. The zero-order valence-electron chi connectivity index (χ0n) is 14.0. The van der Waals surface area contributed by atoms with Gasteiger partial charge in [-0.15, -0.1) is 0 Å². The number of carbonyl (C=O) groups is 2. The molecule has 1 aliphatic rings. The lowest BCUT2D eigenvalue weighted by molar-refractivity contribution is -0.135. The van der Waals surface area contributed by atoms with Gasteiger partial charge in [-0.1, -0.05) is 55.0 Å². The summed E-state index contributed by atoms with van der Waals surface area (Å²) in [7, 11) is 0. The molecule has 1 atom stereocenters. The van der Waals surface area contributed by atoms with Crippen LogP contribution in [0.4, 0.5) is 5.69 Å². The van der Waals surface area contributed by atoms with Crippen molar-refractivity contribution < 1.29 is 14.7 Å². The molecule has 0 aliphatic carbocycles. The minimum Gasteiger partial charge on any atom is -0.375 e. The molecule has 0 saturated carbocycles. The number of aliphatic hydroxyl groups is 1. The van der Waals surface area contributed by atoms with Gasteiger partial charge in [0, 0.05) is 17.7 Å². The number of nitrogens with zero attached hydrogens (tertiary/aromatic N) is 1. The number of aryl methyl sites for hydroxylation is 1. The minimum atomic E-state index is -1.78. The Morgan fingerprint density at radius 2 is 1.79 bits per heavy atom. The number of benzene rings is 2. The van der Waals surface area contributed by atoms with E-state index in [4.69, 9.17) is 0 Å². The summed E-state index contributed by atoms with van der Waals surface area (Å²) < 4.78 is 0. The van der Waals surface area contributed by atoms with Gasteiger partial charge in [-0.25, -0.2) is 0 Å². The van der Waals surface area contributed by atoms with Crippen molar-refractivity contribution in [3.8, 4) is 0 Å². The first-order chi connectivity index (χ1) is 11.5. The smallest absolute Gasteiger partial charge is 0.264 e. The molecule has 1 amide bonds. The van der Waals surface area contributed by atoms with Crippen molar-refractivity contribution in [3.05, 3.63) is 65.2 Å². The zero-order valence-corrected chi connectivity index (χ0v) is 14.0. The number of hydrogen-bond acceptors (Lipinski definition) is 3. The lowest BCUT2D eigenvalue weighted by Gasteiger charge is -2.22. The number of Topliss-reactive ketones (excluding diaryl/α,β-unsaturated/α-hetero) is 1. The van der Waals surface area contributed by atoms with E-state index in [1.807, 2.05) is 38.1 Å². The highest BCUT2D eigenvalue weighted by Crippen LogP contribution is 2.42. The standard InChI is InChI=1S/C20H21NO3/c1-3-12-21-17-7-5-4-6-16(17)20(24,19(21)23)13-18(22)15-10-8-14(2)9-11-15/h4-11,24H,3,12-13H2,1-2H3/t20-/m0/s1. The summed E-state index contributed by atoms with van der Waals surface area (Å²) in [6.45, 7) is 4.45. The quantitative estimate of drug-likeness (QED) is 0.860. The van der Waals surface area contributed by atoms with Crippen LogP contribution in [0, 0.1) is 6.92 Å².